The van der Waals surface area contributed by atoms with Crippen LogP contribution in [-0.2, 0) is 0 Å². The van der Waals surface area contributed by atoms with Gasteiger partial charge in [0.2, 0.25) is 0 Å². The van der Waals surface area contributed by atoms with E-state index in [1.54, 1.807) is 18.6 Å². The third kappa shape index (κ3) is 2.26. The van der Waals surface area contributed by atoms with Gasteiger partial charge in [0.05, 0.1) is 16.4 Å². The number of halogens is 1. The second-order valence-corrected chi connectivity index (χ2v) is 4.84. The minimum Gasteiger partial charge on any atom is -0.347 e. The summed E-state index contributed by atoms with van der Waals surface area (Å²) < 4.78 is 2.82. The zero-order chi connectivity index (χ0) is 12.4. The molecule has 6 nitrogen and oxygen atoms in total. The topological polar surface area (TPSA) is 84.6 Å². The van der Waals surface area contributed by atoms with Gasteiger partial charge in [0.15, 0.2) is 0 Å². The summed E-state index contributed by atoms with van der Waals surface area (Å²) in [6.45, 7) is 4.14. The predicted molar refractivity (Wildman–Crippen MR) is 68.1 cm³/mol. The average molecular weight is 299 g/mol. The Morgan fingerprint density at radius 1 is 1.53 bits per heavy atom. The highest BCUT2D eigenvalue weighted by Crippen LogP contribution is 2.28. The molecule has 0 radical (unpaired) electrons. The molecule has 0 spiro atoms. The van der Waals surface area contributed by atoms with Crippen molar-refractivity contribution in [3.05, 3.63) is 34.6 Å². The van der Waals surface area contributed by atoms with E-state index < -0.39 is 0 Å². The summed E-state index contributed by atoms with van der Waals surface area (Å²) in [4.78, 5) is 7.28. The molecule has 7 heteroatoms. The van der Waals surface area contributed by atoms with Crippen molar-refractivity contribution in [3.8, 4) is 0 Å². The molecule has 0 aliphatic rings. The Labute approximate surface area is 108 Å². The van der Waals surface area contributed by atoms with Gasteiger partial charge < -0.3 is 4.98 Å². The molecule has 2 rings (SSSR count). The van der Waals surface area contributed by atoms with Crippen molar-refractivity contribution in [1.82, 2.24) is 25.2 Å². The first kappa shape index (κ1) is 12.3. The average Bonchev–Trinajstić information content (AvgIpc) is 2.91. The highest BCUT2D eigenvalue weighted by molar-refractivity contribution is 9.10. The zero-order valence-electron chi connectivity index (χ0n) is 9.68. The van der Waals surface area contributed by atoms with E-state index in [2.05, 4.69) is 50.3 Å². The summed E-state index contributed by atoms with van der Waals surface area (Å²) in [6, 6.07) is 0.0337. The Balaban J connectivity index is 2.47. The molecule has 0 amide bonds. The monoisotopic (exact) mass is 298 g/mol. The van der Waals surface area contributed by atoms with E-state index in [1.807, 2.05) is 4.68 Å². The minimum absolute atomic E-state index is 0.218. The number of aromatic amines is 1. The fourth-order valence-corrected chi connectivity index (χ4v) is 2.26. The molecule has 17 heavy (non-hydrogen) atoms. The van der Waals surface area contributed by atoms with Crippen LogP contribution in [0, 0.1) is 0 Å². The molecule has 2 heterocycles. The Bertz CT molecular complexity index is 475. The summed E-state index contributed by atoms with van der Waals surface area (Å²) in [5.41, 5.74) is 3.71. The van der Waals surface area contributed by atoms with Gasteiger partial charge in [-0.25, -0.2) is 10.4 Å². The molecule has 0 saturated heterocycles. The lowest BCUT2D eigenvalue weighted by molar-refractivity contribution is 0.468. The van der Waals surface area contributed by atoms with Crippen molar-refractivity contribution in [3.63, 3.8) is 0 Å². The third-order valence-electron chi connectivity index (χ3n) is 2.51. The number of nitrogens with two attached hydrogens (primary N) is 1. The molecule has 0 aliphatic carbocycles. The van der Waals surface area contributed by atoms with Crippen molar-refractivity contribution < 1.29 is 0 Å². The Hall–Kier alpha value is -1.18. The molecule has 0 saturated carbocycles. The van der Waals surface area contributed by atoms with Crippen LogP contribution in [0.2, 0.25) is 0 Å². The molecule has 2 aromatic heterocycles. The molecule has 0 aliphatic heterocycles. The number of hydrogen-bond acceptors (Lipinski definition) is 4. The van der Waals surface area contributed by atoms with Crippen LogP contribution in [0.25, 0.3) is 0 Å². The second kappa shape index (κ2) is 4.99. The van der Waals surface area contributed by atoms with Crippen LogP contribution in [0.3, 0.4) is 0 Å². The normalized spacial score (nSPS) is 13.2. The van der Waals surface area contributed by atoms with Crippen molar-refractivity contribution in [2.75, 3.05) is 0 Å². The van der Waals surface area contributed by atoms with Crippen LogP contribution in [0.4, 0.5) is 0 Å². The fourth-order valence-electron chi connectivity index (χ4n) is 1.76. The third-order valence-corrected chi connectivity index (χ3v) is 3.12. The number of imidazole rings is 1. The maximum Gasteiger partial charge on any atom is 0.130 e. The number of rotatable bonds is 4. The molecule has 1 unspecified atom stereocenters. The van der Waals surface area contributed by atoms with Gasteiger partial charge in [-0.1, -0.05) is 0 Å². The van der Waals surface area contributed by atoms with E-state index in [0.29, 0.717) is 0 Å². The molecular formula is C10H15BrN6. The highest BCUT2D eigenvalue weighted by Gasteiger charge is 2.23. The van der Waals surface area contributed by atoms with Gasteiger partial charge in [0.25, 0.3) is 0 Å². The van der Waals surface area contributed by atoms with Gasteiger partial charge in [0.1, 0.15) is 11.9 Å². The number of nitrogens with zero attached hydrogens (tertiary/aromatic N) is 3. The fraction of sp³-hybridized carbons (Fsp3) is 0.400. The standard InChI is InChI=1S/C10H15BrN6/c1-6(2)17-9(7(11)5-15-17)8(16-12)10-13-3-4-14-10/h3-6,8,16H,12H2,1-2H3,(H,13,14). The Kier molecular flexibility index (Phi) is 3.60. The molecule has 0 bridgehead atoms. The van der Waals surface area contributed by atoms with E-state index in [-0.39, 0.29) is 12.1 Å². The number of hydrazine groups is 1. The van der Waals surface area contributed by atoms with Crippen LogP contribution in [0.1, 0.15) is 37.4 Å². The first-order valence-corrected chi connectivity index (χ1v) is 6.12. The van der Waals surface area contributed by atoms with Gasteiger partial charge in [-0.2, -0.15) is 5.10 Å². The lowest BCUT2D eigenvalue weighted by atomic mass is 10.2. The van der Waals surface area contributed by atoms with Crippen LogP contribution in [0.15, 0.2) is 23.1 Å². The first-order valence-electron chi connectivity index (χ1n) is 5.33. The SMILES string of the molecule is CC(C)n1ncc(Br)c1C(NN)c1ncc[nH]1. The predicted octanol–water partition coefficient (Wildman–Crippen LogP) is 1.50. The van der Waals surface area contributed by atoms with Crippen molar-refractivity contribution >= 4 is 15.9 Å². The van der Waals surface area contributed by atoms with E-state index in [4.69, 9.17) is 5.84 Å². The molecule has 4 N–H and O–H groups in total. The largest absolute Gasteiger partial charge is 0.347 e. The summed E-state index contributed by atoms with van der Waals surface area (Å²) >= 11 is 3.49. The van der Waals surface area contributed by atoms with Crippen molar-refractivity contribution in [2.24, 2.45) is 5.84 Å². The number of nitrogens with one attached hydrogen (secondary N) is 2. The number of hydrogen-bond donors (Lipinski definition) is 3. The van der Waals surface area contributed by atoms with Crippen molar-refractivity contribution in [2.45, 2.75) is 25.9 Å². The van der Waals surface area contributed by atoms with E-state index in [1.165, 1.54) is 0 Å². The second-order valence-electron chi connectivity index (χ2n) is 3.99. The van der Waals surface area contributed by atoms with Crippen LogP contribution in [0.5, 0.6) is 0 Å². The molecular weight excluding hydrogens is 284 g/mol. The number of H-pyrrole nitrogens is 1. The molecule has 92 valence electrons. The van der Waals surface area contributed by atoms with E-state index >= 15 is 0 Å². The molecule has 0 fully saturated rings. The van der Waals surface area contributed by atoms with Gasteiger partial charge in [-0.05, 0) is 29.8 Å². The lowest BCUT2D eigenvalue weighted by Crippen LogP contribution is -2.32. The van der Waals surface area contributed by atoms with Gasteiger partial charge in [-0.15, -0.1) is 0 Å². The molecule has 2 aromatic rings. The van der Waals surface area contributed by atoms with Crippen LogP contribution >= 0.6 is 15.9 Å². The minimum atomic E-state index is -0.218. The highest BCUT2D eigenvalue weighted by atomic mass is 79.9. The van der Waals surface area contributed by atoms with E-state index in [9.17, 15) is 0 Å². The van der Waals surface area contributed by atoms with Crippen molar-refractivity contribution in [1.29, 1.82) is 0 Å². The lowest BCUT2D eigenvalue weighted by Gasteiger charge is -2.18. The molecule has 1 atom stereocenters. The zero-order valence-corrected chi connectivity index (χ0v) is 11.3. The Morgan fingerprint density at radius 3 is 2.82 bits per heavy atom. The number of aromatic nitrogens is 4. The maximum atomic E-state index is 5.62. The van der Waals surface area contributed by atoms with Gasteiger partial charge in [-0.3, -0.25) is 10.5 Å². The van der Waals surface area contributed by atoms with Crippen LogP contribution < -0.4 is 11.3 Å². The summed E-state index contributed by atoms with van der Waals surface area (Å²) in [6.07, 6.45) is 5.23. The maximum absolute atomic E-state index is 5.62. The van der Waals surface area contributed by atoms with Crippen LogP contribution in [-0.4, -0.2) is 19.7 Å². The first-order chi connectivity index (χ1) is 8.15. The summed E-state index contributed by atoms with van der Waals surface area (Å²) in [5.74, 6) is 6.38. The summed E-state index contributed by atoms with van der Waals surface area (Å²) in [7, 11) is 0. The van der Waals surface area contributed by atoms with Gasteiger partial charge in [0, 0.05) is 18.4 Å². The Morgan fingerprint density at radius 2 is 2.29 bits per heavy atom. The van der Waals surface area contributed by atoms with Gasteiger partial charge >= 0.3 is 0 Å². The molecule has 0 aromatic carbocycles. The summed E-state index contributed by atoms with van der Waals surface area (Å²) in [5, 5.41) is 4.33. The van der Waals surface area contributed by atoms with E-state index in [0.717, 1.165) is 16.0 Å². The quantitative estimate of drug-likeness (QED) is 0.590. The smallest absolute Gasteiger partial charge is 0.130 e.